The molecule has 0 amide bonds. The molecule has 4 aromatic rings. The molecule has 4 rings (SSSR count). The van der Waals surface area contributed by atoms with E-state index in [1.54, 1.807) is 18.2 Å². The zero-order valence-corrected chi connectivity index (χ0v) is 16.2. The summed E-state index contributed by atoms with van der Waals surface area (Å²) in [6, 6.07) is 6.89. The Bertz CT molecular complexity index is 1270. The van der Waals surface area contributed by atoms with E-state index in [0.717, 1.165) is 22.4 Å². The first kappa shape index (κ1) is 19.8. The minimum absolute atomic E-state index is 0.204. The van der Waals surface area contributed by atoms with Crippen LogP contribution in [0.5, 0.6) is 0 Å². The lowest BCUT2D eigenvalue weighted by Crippen LogP contribution is -2.44. The number of halogens is 2. The number of rotatable bonds is 5. The normalized spacial score (nSPS) is 14.6. The van der Waals surface area contributed by atoms with Gasteiger partial charge in [-0.15, -0.1) is 5.10 Å². The second kappa shape index (κ2) is 7.38. The van der Waals surface area contributed by atoms with Gasteiger partial charge in [-0.3, -0.25) is 4.79 Å². The maximum atomic E-state index is 14.7. The van der Waals surface area contributed by atoms with E-state index in [9.17, 15) is 18.7 Å². The Balaban J connectivity index is 1.88. The van der Waals surface area contributed by atoms with E-state index in [4.69, 9.17) is 0 Å². The van der Waals surface area contributed by atoms with Crippen LogP contribution in [0.4, 0.5) is 8.78 Å². The van der Waals surface area contributed by atoms with Crippen molar-refractivity contribution in [2.45, 2.75) is 32.0 Å². The maximum Gasteiger partial charge on any atom is 0.277 e. The average Bonchev–Trinajstić information content (AvgIpc) is 3.20. The second-order valence-electron chi connectivity index (χ2n) is 7.18. The van der Waals surface area contributed by atoms with Crippen molar-refractivity contribution in [3.05, 3.63) is 82.2 Å². The zero-order chi connectivity index (χ0) is 21.5. The van der Waals surface area contributed by atoms with Crippen molar-refractivity contribution >= 4 is 10.9 Å². The van der Waals surface area contributed by atoms with Crippen molar-refractivity contribution in [2.75, 3.05) is 0 Å². The Kier molecular flexibility index (Phi) is 4.86. The first-order chi connectivity index (χ1) is 14.3. The lowest BCUT2D eigenvalue weighted by molar-refractivity contribution is -0.0390. The zero-order valence-electron chi connectivity index (χ0n) is 16.2. The molecule has 0 saturated carbocycles. The number of hydrogen-bond acceptors (Lipinski definition) is 6. The lowest BCUT2D eigenvalue weighted by atomic mass is 9.86. The molecule has 0 aliphatic rings. The quantitative estimate of drug-likeness (QED) is 0.539. The highest BCUT2D eigenvalue weighted by molar-refractivity contribution is 5.77. The third-order valence-electron chi connectivity index (χ3n) is 5.17. The van der Waals surface area contributed by atoms with Gasteiger partial charge in [-0.25, -0.2) is 23.1 Å². The van der Waals surface area contributed by atoms with Crippen LogP contribution in [0.3, 0.4) is 0 Å². The monoisotopic (exact) mass is 412 g/mol. The van der Waals surface area contributed by atoms with Crippen LogP contribution in [0.15, 0.2) is 53.8 Å². The molecule has 0 saturated heterocycles. The van der Waals surface area contributed by atoms with E-state index in [1.165, 1.54) is 24.3 Å². The first-order valence-electron chi connectivity index (χ1n) is 9.16. The van der Waals surface area contributed by atoms with Crippen LogP contribution >= 0.6 is 0 Å². The van der Waals surface area contributed by atoms with Gasteiger partial charge in [-0.1, -0.05) is 17.3 Å². The van der Waals surface area contributed by atoms with Gasteiger partial charge < -0.3 is 5.11 Å². The smallest absolute Gasteiger partial charge is 0.277 e. The van der Waals surface area contributed by atoms with Gasteiger partial charge >= 0.3 is 0 Å². The molecule has 30 heavy (non-hydrogen) atoms. The molecule has 2 aromatic heterocycles. The molecule has 8 nitrogen and oxygen atoms in total. The fraction of sp³-hybridized carbons (Fsp3) is 0.250. The van der Waals surface area contributed by atoms with Crippen LogP contribution in [0.25, 0.3) is 10.9 Å². The number of benzene rings is 2. The molecule has 0 unspecified atom stereocenters. The highest BCUT2D eigenvalue weighted by Crippen LogP contribution is 2.35. The Labute approximate surface area is 169 Å². The van der Waals surface area contributed by atoms with Gasteiger partial charge in [0.25, 0.3) is 5.56 Å². The third kappa shape index (κ3) is 3.35. The lowest BCUT2D eigenvalue weighted by Gasteiger charge is -2.34. The van der Waals surface area contributed by atoms with Gasteiger partial charge in [0.05, 0.1) is 18.0 Å². The van der Waals surface area contributed by atoms with Crippen molar-refractivity contribution < 1.29 is 13.9 Å². The number of aliphatic hydroxyl groups is 1. The molecule has 2 aromatic carbocycles. The molecule has 0 aliphatic carbocycles. The van der Waals surface area contributed by atoms with E-state index in [2.05, 4.69) is 20.4 Å². The van der Waals surface area contributed by atoms with Gasteiger partial charge in [0.2, 0.25) is 0 Å². The van der Waals surface area contributed by atoms with Crippen LogP contribution in [0, 0.1) is 18.6 Å². The average molecular weight is 412 g/mol. The molecule has 10 heteroatoms. The Morgan fingerprint density at radius 2 is 2.00 bits per heavy atom. The summed E-state index contributed by atoms with van der Waals surface area (Å²) in [5.74, 6) is -1.74. The van der Waals surface area contributed by atoms with Crippen LogP contribution in [0.1, 0.15) is 24.1 Å². The Morgan fingerprint density at radius 3 is 2.70 bits per heavy atom. The molecule has 154 valence electrons. The fourth-order valence-electron chi connectivity index (χ4n) is 3.47. The number of aryl methyl sites for hydroxylation is 1. The van der Waals surface area contributed by atoms with Crippen LogP contribution in [-0.2, 0) is 12.1 Å². The largest absolute Gasteiger partial charge is 0.381 e. The summed E-state index contributed by atoms with van der Waals surface area (Å²) in [5, 5.41) is 23.9. The molecule has 2 atom stereocenters. The molecule has 0 fully saturated rings. The van der Waals surface area contributed by atoms with Crippen molar-refractivity contribution in [2.24, 2.45) is 0 Å². The molecule has 2 heterocycles. The van der Waals surface area contributed by atoms with Gasteiger partial charge in [-0.05, 0) is 37.6 Å². The highest BCUT2D eigenvalue weighted by Gasteiger charge is 2.41. The Hall–Kier alpha value is -3.53. The topological polar surface area (TPSA) is 98.7 Å². The van der Waals surface area contributed by atoms with Crippen LogP contribution in [0.2, 0.25) is 0 Å². The SMILES string of the molecule is Cc1ccc2c(=O)n([C@H](C)[C@](O)(Cn3cncn3)c3ccc(F)cc3F)nnc2c1. The van der Waals surface area contributed by atoms with Crippen molar-refractivity contribution in [3.8, 4) is 0 Å². The van der Waals surface area contributed by atoms with Crippen LogP contribution in [-0.4, -0.2) is 34.9 Å². The molecule has 0 aliphatic heterocycles. The summed E-state index contributed by atoms with van der Waals surface area (Å²) in [6.45, 7) is 3.12. The summed E-state index contributed by atoms with van der Waals surface area (Å²) in [6.07, 6.45) is 2.60. The van der Waals surface area contributed by atoms with Crippen molar-refractivity contribution in [1.29, 1.82) is 0 Å². The van der Waals surface area contributed by atoms with Crippen molar-refractivity contribution in [1.82, 2.24) is 29.8 Å². The summed E-state index contributed by atoms with van der Waals surface area (Å²) < 4.78 is 30.5. The molecule has 0 radical (unpaired) electrons. The molecular weight excluding hydrogens is 394 g/mol. The number of hydrogen-bond donors (Lipinski definition) is 1. The number of aromatic nitrogens is 6. The van der Waals surface area contributed by atoms with Gasteiger partial charge in [0.15, 0.2) is 0 Å². The standard InChI is InChI=1S/C20H18F2N6O2/c1-12-3-5-15-18(7-12)25-26-28(19(15)29)13(2)20(30,9-27-11-23-10-24-27)16-6-4-14(21)8-17(16)22/h3-8,10-11,13,30H,9H2,1-2H3/t13-,20-/m1/s1. The second-order valence-corrected chi connectivity index (χ2v) is 7.18. The van der Waals surface area contributed by atoms with Crippen LogP contribution < -0.4 is 5.56 Å². The van der Waals surface area contributed by atoms with E-state index in [0.29, 0.717) is 17.0 Å². The summed E-state index contributed by atoms with van der Waals surface area (Å²) in [5.41, 5.74) is -1.38. The van der Waals surface area contributed by atoms with Gasteiger partial charge in [0, 0.05) is 11.6 Å². The predicted octanol–water partition coefficient (Wildman–Crippen LogP) is 2.12. The predicted molar refractivity (Wildman–Crippen MR) is 104 cm³/mol. The van der Waals surface area contributed by atoms with E-state index in [-0.39, 0.29) is 12.1 Å². The van der Waals surface area contributed by atoms with Crippen molar-refractivity contribution in [3.63, 3.8) is 0 Å². The first-order valence-corrected chi connectivity index (χ1v) is 9.16. The van der Waals surface area contributed by atoms with E-state index in [1.807, 2.05) is 6.92 Å². The third-order valence-corrected chi connectivity index (χ3v) is 5.17. The molecule has 0 spiro atoms. The summed E-state index contributed by atoms with van der Waals surface area (Å²) >= 11 is 0. The fourth-order valence-corrected chi connectivity index (χ4v) is 3.47. The van der Waals surface area contributed by atoms with E-state index >= 15 is 0 Å². The highest BCUT2D eigenvalue weighted by atomic mass is 19.1. The van der Waals surface area contributed by atoms with Gasteiger partial charge in [-0.2, -0.15) is 5.10 Å². The molecule has 1 N–H and O–H groups in total. The van der Waals surface area contributed by atoms with Gasteiger partial charge in [0.1, 0.15) is 35.4 Å². The Morgan fingerprint density at radius 1 is 1.20 bits per heavy atom. The number of fused-ring (bicyclic) bond motifs is 1. The van der Waals surface area contributed by atoms with E-state index < -0.39 is 28.8 Å². The minimum atomic E-state index is -2.01. The molecular formula is C20H18F2N6O2. The minimum Gasteiger partial charge on any atom is -0.381 e. The maximum absolute atomic E-state index is 14.7. The number of nitrogens with zero attached hydrogens (tertiary/aromatic N) is 6. The summed E-state index contributed by atoms with van der Waals surface area (Å²) in [7, 11) is 0. The summed E-state index contributed by atoms with van der Waals surface area (Å²) in [4.78, 5) is 16.9. The molecule has 0 bridgehead atoms.